The predicted octanol–water partition coefficient (Wildman–Crippen LogP) is 3.27. The zero-order valence-electron chi connectivity index (χ0n) is 13.8. The number of rotatable bonds is 4. The van der Waals surface area contributed by atoms with Gasteiger partial charge in [0.2, 0.25) is 5.75 Å². The number of benzene rings is 1. The SMILES string of the molecule is COc1ccc(C(=O)N2CCCCC2C(F)(F)F)c(OC)c1OC. The van der Waals surface area contributed by atoms with Crippen molar-refractivity contribution < 1.29 is 32.2 Å². The van der Waals surface area contributed by atoms with Gasteiger partial charge in [0, 0.05) is 6.54 Å². The number of methoxy groups -OCH3 is 3. The third-order valence-electron chi connectivity index (χ3n) is 4.08. The van der Waals surface area contributed by atoms with E-state index in [0.717, 1.165) is 4.90 Å². The Balaban J connectivity index is 2.45. The van der Waals surface area contributed by atoms with Crippen LogP contribution in [-0.4, -0.2) is 50.9 Å². The molecule has 0 saturated carbocycles. The normalized spacial score (nSPS) is 18.2. The zero-order valence-corrected chi connectivity index (χ0v) is 13.8. The van der Waals surface area contributed by atoms with E-state index in [1.54, 1.807) is 0 Å². The van der Waals surface area contributed by atoms with Gasteiger partial charge in [0.1, 0.15) is 6.04 Å². The topological polar surface area (TPSA) is 48.0 Å². The van der Waals surface area contributed by atoms with Crippen LogP contribution in [0.5, 0.6) is 17.2 Å². The van der Waals surface area contributed by atoms with E-state index in [1.807, 2.05) is 0 Å². The third kappa shape index (κ3) is 3.37. The molecule has 0 aliphatic carbocycles. The standard InChI is InChI=1S/C16H20F3NO4/c1-22-11-8-7-10(13(23-2)14(11)24-3)15(21)20-9-5-4-6-12(20)16(17,18)19/h7-8,12H,4-6,9H2,1-3H3. The first-order chi connectivity index (χ1) is 11.3. The lowest BCUT2D eigenvalue weighted by Crippen LogP contribution is -2.51. The number of amides is 1. The number of nitrogens with zero attached hydrogens (tertiary/aromatic N) is 1. The summed E-state index contributed by atoms with van der Waals surface area (Å²) in [4.78, 5) is 13.6. The van der Waals surface area contributed by atoms with E-state index in [0.29, 0.717) is 18.6 Å². The molecule has 0 bridgehead atoms. The average Bonchev–Trinajstić information content (AvgIpc) is 2.58. The van der Waals surface area contributed by atoms with Crippen LogP contribution in [0.4, 0.5) is 13.2 Å². The maximum Gasteiger partial charge on any atom is 0.408 e. The minimum absolute atomic E-state index is 0.0197. The Kier molecular flexibility index (Phi) is 5.46. The Bertz CT molecular complexity index is 604. The maximum absolute atomic E-state index is 13.2. The molecule has 1 unspecified atom stereocenters. The fourth-order valence-corrected chi connectivity index (χ4v) is 2.94. The number of hydrogen-bond acceptors (Lipinski definition) is 4. The van der Waals surface area contributed by atoms with Gasteiger partial charge in [-0.1, -0.05) is 0 Å². The summed E-state index contributed by atoms with van der Waals surface area (Å²) < 4.78 is 55.3. The highest BCUT2D eigenvalue weighted by molar-refractivity contribution is 5.98. The monoisotopic (exact) mass is 347 g/mol. The number of halogens is 3. The van der Waals surface area contributed by atoms with Crippen LogP contribution < -0.4 is 14.2 Å². The van der Waals surface area contributed by atoms with Crippen LogP contribution in [0, 0.1) is 0 Å². The minimum atomic E-state index is -4.46. The molecule has 0 N–H and O–H groups in total. The van der Waals surface area contributed by atoms with Gasteiger partial charge in [0.25, 0.3) is 5.91 Å². The number of likely N-dealkylation sites (tertiary alicyclic amines) is 1. The predicted molar refractivity (Wildman–Crippen MR) is 80.8 cm³/mol. The van der Waals surface area contributed by atoms with Crippen LogP contribution in [0.15, 0.2) is 12.1 Å². The Labute approximate surface area is 138 Å². The average molecular weight is 347 g/mol. The van der Waals surface area contributed by atoms with E-state index in [2.05, 4.69) is 0 Å². The number of ether oxygens (including phenoxy) is 3. The van der Waals surface area contributed by atoms with Crippen molar-refractivity contribution in [2.45, 2.75) is 31.5 Å². The molecular formula is C16H20F3NO4. The molecule has 8 heteroatoms. The molecule has 1 fully saturated rings. The lowest BCUT2D eigenvalue weighted by Gasteiger charge is -2.37. The van der Waals surface area contributed by atoms with Crippen molar-refractivity contribution in [1.29, 1.82) is 0 Å². The second-order valence-electron chi connectivity index (χ2n) is 5.43. The van der Waals surface area contributed by atoms with E-state index >= 15 is 0 Å². The Morgan fingerprint density at radius 3 is 2.29 bits per heavy atom. The van der Waals surface area contributed by atoms with Crippen molar-refractivity contribution in [3.8, 4) is 17.2 Å². The fourth-order valence-electron chi connectivity index (χ4n) is 2.94. The van der Waals surface area contributed by atoms with E-state index < -0.39 is 18.1 Å². The lowest BCUT2D eigenvalue weighted by molar-refractivity contribution is -0.183. The molecule has 1 amide bonds. The Morgan fingerprint density at radius 2 is 1.75 bits per heavy atom. The molecular weight excluding hydrogens is 327 g/mol. The number of hydrogen-bond donors (Lipinski definition) is 0. The van der Waals surface area contributed by atoms with Crippen molar-refractivity contribution in [3.63, 3.8) is 0 Å². The van der Waals surface area contributed by atoms with Gasteiger partial charge in [-0.25, -0.2) is 0 Å². The molecule has 1 heterocycles. The van der Waals surface area contributed by atoms with Crippen LogP contribution >= 0.6 is 0 Å². The van der Waals surface area contributed by atoms with Crippen LogP contribution in [0.25, 0.3) is 0 Å². The van der Waals surface area contributed by atoms with Gasteiger partial charge in [0.05, 0.1) is 26.9 Å². The molecule has 2 rings (SSSR count). The first-order valence-electron chi connectivity index (χ1n) is 7.51. The second-order valence-corrected chi connectivity index (χ2v) is 5.43. The van der Waals surface area contributed by atoms with Gasteiger partial charge in [-0.2, -0.15) is 13.2 Å². The van der Waals surface area contributed by atoms with Gasteiger partial charge in [-0.05, 0) is 31.4 Å². The van der Waals surface area contributed by atoms with E-state index in [9.17, 15) is 18.0 Å². The second kappa shape index (κ2) is 7.19. The summed E-state index contributed by atoms with van der Waals surface area (Å²) in [6, 6.07) is 1.09. The van der Waals surface area contributed by atoms with Gasteiger partial charge in [-0.15, -0.1) is 0 Å². The fraction of sp³-hybridized carbons (Fsp3) is 0.562. The summed E-state index contributed by atoms with van der Waals surface area (Å²) in [5.74, 6) is -0.161. The molecule has 5 nitrogen and oxygen atoms in total. The summed E-state index contributed by atoms with van der Waals surface area (Å²) >= 11 is 0. The molecule has 24 heavy (non-hydrogen) atoms. The molecule has 1 aliphatic heterocycles. The molecule has 1 aromatic carbocycles. The molecule has 0 aromatic heterocycles. The van der Waals surface area contributed by atoms with Crippen LogP contribution in [-0.2, 0) is 0 Å². The van der Waals surface area contributed by atoms with Gasteiger partial charge in [0.15, 0.2) is 11.5 Å². The number of carbonyl (C=O) groups is 1. The largest absolute Gasteiger partial charge is 0.493 e. The Hall–Kier alpha value is -2.12. The summed E-state index contributed by atoms with van der Waals surface area (Å²) in [5.41, 5.74) is 0.0197. The summed E-state index contributed by atoms with van der Waals surface area (Å²) in [6.45, 7) is 0.0561. The van der Waals surface area contributed by atoms with Gasteiger partial charge >= 0.3 is 6.18 Å². The molecule has 134 valence electrons. The molecule has 1 aliphatic rings. The molecule has 1 atom stereocenters. The van der Waals surface area contributed by atoms with Crippen LogP contribution in [0.1, 0.15) is 29.6 Å². The zero-order chi connectivity index (χ0) is 17.9. The smallest absolute Gasteiger partial charge is 0.408 e. The van der Waals surface area contributed by atoms with Crippen molar-refractivity contribution in [3.05, 3.63) is 17.7 Å². The number of piperidine rings is 1. The summed E-state index contributed by atoms with van der Waals surface area (Å²) in [5, 5.41) is 0. The highest BCUT2D eigenvalue weighted by Crippen LogP contribution is 2.41. The first kappa shape index (κ1) is 18.2. The number of alkyl halides is 3. The van der Waals surface area contributed by atoms with E-state index in [-0.39, 0.29) is 30.0 Å². The molecule has 0 radical (unpaired) electrons. The molecule has 1 saturated heterocycles. The first-order valence-corrected chi connectivity index (χ1v) is 7.51. The van der Waals surface area contributed by atoms with Crippen LogP contribution in [0.2, 0.25) is 0 Å². The summed E-state index contributed by atoms with van der Waals surface area (Å²) in [6.07, 6.45) is -3.57. The van der Waals surface area contributed by atoms with Crippen molar-refractivity contribution in [2.75, 3.05) is 27.9 Å². The molecule has 1 aromatic rings. The molecule has 0 spiro atoms. The third-order valence-corrected chi connectivity index (χ3v) is 4.08. The summed E-state index contributed by atoms with van der Waals surface area (Å²) in [7, 11) is 4.11. The number of carbonyl (C=O) groups excluding carboxylic acids is 1. The highest BCUT2D eigenvalue weighted by Gasteiger charge is 2.46. The lowest BCUT2D eigenvalue weighted by atomic mass is 10.00. The Morgan fingerprint density at radius 1 is 1.08 bits per heavy atom. The highest BCUT2D eigenvalue weighted by atomic mass is 19.4. The van der Waals surface area contributed by atoms with Crippen molar-refractivity contribution in [2.24, 2.45) is 0 Å². The van der Waals surface area contributed by atoms with Crippen molar-refractivity contribution in [1.82, 2.24) is 4.90 Å². The van der Waals surface area contributed by atoms with Crippen molar-refractivity contribution >= 4 is 5.91 Å². The van der Waals surface area contributed by atoms with Gasteiger partial charge in [-0.3, -0.25) is 4.79 Å². The quantitative estimate of drug-likeness (QED) is 0.839. The van der Waals surface area contributed by atoms with E-state index in [1.165, 1.54) is 33.5 Å². The minimum Gasteiger partial charge on any atom is -0.493 e. The van der Waals surface area contributed by atoms with E-state index in [4.69, 9.17) is 14.2 Å². The van der Waals surface area contributed by atoms with Crippen LogP contribution in [0.3, 0.4) is 0 Å². The maximum atomic E-state index is 13.2. The van der Waals surface area contributed by atoms with Gasteiger partial charge < -0.3 is 19.1 Å².